The third-order valence-corrected chi connectivity index (χ3v) is 3.85. The topological polar surface area (TPSA) is 94.7 Å². The highest BCUT2D eigenvalue weighted by Gasteiger charge is 2.13. The van der Waals surface area contributed by atoms with Crippen molar-refractivity contribution in [3.8, 4) is 0 Å². The Labute approximate surface area is 139 Å². The first-order chi connectivity index (χ1) is 11.6. The van der Waals surface area contributed by atoms with Gasteiger partial charge in [-0.1, -0.05) is 30.3 Å². The molecule has 1 atom stereocenters. The second kappa shape index (κ2) is 6.57. The highest BCUT2D eigenvalue weighted by atomic mass is 16.2. The van der Waals surface area contributed by atoms with E-state index in [1.807, 2.05) is 44.2 Å². The van der Waals surface area contributed by atoms with Gasteiger partial charge in [0.15, 0.2) is 5.82 Å². The van der Waals surface area contributed by atoms with Crippen LogP contribution in [0, 0.1) is 6.92 Å². The number of nitrogens with one attached hydrogen (secondary N) is 4. The van der Waals surface area contributed by atoms with Gasteiger partial charge >= 0.3 is 6.03 Å². The van der Waals surface area contributed by atoms with Crippen LogP contribution in [0.2, 0.25) is 0 Å². The van der Waals surface area contributed by atoms with E-state index in [0.29, 0.717) is 5.82 Å². The summed E-state index contributed by atoms with van der Waals surface area (Å²) >= 11 is 0. The number of benzene rings is 1. The Kier molecular flexibility index (Phi) is 4.33. The third kappa shape index (κ3) is 3.15. The summed E-state index contributed by atoms with van der Waals surface area (Å²) in [6.07, 6.45) is 0. The fourth-order valence-electron chi connectivity index (χ4n) is 2.65. The normalized spacial score (nSPS) is 12.0. The molecule has 0 spiro atoms. The number of anilines is 2. The molecule has 4 N–H and O–H groups in total. The average molecular weight is 324 g/mol. The van der Waals surface area contributed by atoms with Gasteiger partial charge in [-0.3, -0.25) is 10.4 Å². The summed E-state index contributed by atoms with van der Waals surface area (Å²) in [6, 6.07) is 11.2. The maximum atomic E-state index is 12.2. The van der Waals surface area contributed by atoms with Crippen molar-refractivity contribution in [3.05, 3.63) is 47.7 Å². The van der Waals surface area contributed by atoms with Gasteiger partial charge < -0.3 is 10.6 Å². The quantitative estimate of drug-likeness (QED) is 0.593. The van der Waals surface area contributed by atoms with Gasteiger partial charge in [-0.05, 0) is 19.4 Å². The summed E-state index contributed by atoms with van der Waals surface area (Å²) in [5.41, 5.74) is 2.65. The lowest BCUT2D eigenvalue weighted by molar-refractivity contribution is 0.249. The Morgan fingerprint density at radius 1 is 1.25 bits per heavy atom. The van der Waals surface area contributed by atoms with Crippen LogP contribution in [0.15, 0.2) is 36.4 Å². The number of H-pyrrole nitrogens is 1. The number of fused-ring (bicyclic) bond motifs is 1. The summed E-state index contributed by atoms with van der Waals surface area (Å²) in [6.45, 7) is 3.82. The van der Waals surface area contributed by atoms with Gasteiger partial charge in [-0.15, -0.1) is 0 Å². The van der Waals surface area contributed by atoms with Crippen LogP contribution in [-0.2, 0) is 0 Å². The maximum Gasteiger partial charge on any atom is 0.320 e. The van der Waals surface area contributed by atoms with E-state index in [4.69, 9.17) is 0 Å². The van der Waals surface area contributed by atoms with Crippen molar-refractivity contribution in [1.82, 2.24) is 20.5 Å². The van der Waals surface area contributed by atoms with Crippen molar-refractivity contribution in [3.63, 3.8) is 0 Å². The molecule has 3 rings (SSSR count). The molecule has 2 amide bonds. The number of carbonyl (C=O) groups excluding carboxylic acids is 1. The van der Waals surface area contributed by atoms with Crippen LogP contribution in [0.4, 0.5) is 16.4 Å². The summed E-state index contributed by atoms with van der Waals surface area (Å²) in [4.78, 5) is 16.6. The lowest BCUT2D eigenvalue weighted by Crippen LogP contribution is -2.31. The van der Waals surface area contributed by atoms with Gasteiger partial charge in [0.25, 0.3) is 0 Å². The monoisotopic (exact) mass is 324 g/mol. The van der Waals surface area contributed by atoms with Crippen molar-refractivity contribution in [1.29, 1.82) is 0 Å². The fourth-order valence-corrected chi connectivity index (χ4v) is 2.65. The average Bonchev–Trinajstić information content (AvgIpc) is 2.99. The third-order valence-electron chi connectivity index (χ3n) is 3.85. The van der Waals surface area contributed by atoms with Crippen LogP contribution in [0.1, 0.15) is 24.2 Å². The Hall–Kier alpha value is -3.09. The Morgan fingerprint density at radius 2 is 2.00 bits per heavy atom. The first kappa shape index (κ1) is 15.8. The SMILES string of the molecule is CNc1n[nH]c2cc(NC(=O)NC(C)c3ccccc3)nc(C)c12. The molecule has 1 aromatic carbocycles. The molecular formula is C17H20N6O. The zero-order chi connectivity index (χ0) is 17.1. The zero-order valence-corrected chi connectivity index (χ0v) is 13.8. The second-order valence-corrected chi connectivity index (χ2v) is 5.57. The molecule has 2 heterocycles. The lowest BCUT2D eigenvalue weighted by Gasteiger charge is -2.15. The van der Waals surface area contributed by atoms with Gasteiger partial charge in [-0.2, -0.15) is 5.10 Å². The lowest BCUT2D eigenvalue weighted by atomic mass is 10.1. The molecule has 3 aromatic rings. The van der Waals surface area contributed by atoms with Crippen LogP contribution in [0.3, 0.4) is 0 Å². The van der Waals surface area contributed by atoms with Gasteiger partial charge in [0.2, 0.25) is 0 Å². The number of aryl methyl sites for hydroxylation is 1. The maximum absolute atomic E-state index is 12.2. The summed E-state index contributed by atoms with van der Waals surface area (Å²) in [5, 5.41) is 16.7. The first-order valence-corrected chi connectivity index (χ1v) is 7.74. The van der Waals surface area contributed by atoms with Crippen LogP contribution < -0.4 is 16.0 Å². The van der Waals surface area contributed by atoms with Crippen molar-refractivity contribution in [2.24, 2.45) is 0 Å². The number of hydrogen-bond donors (Lipinski definition) is 4. The molecule has 0 saturated heterocycles. The minimum atomic E-state index is -0.300. The largest absolute Gasteiger partial charge is 0.371 e. The highest BCUT2D eigenvalue weighted by molar-refractivity contribution is 5.95. The van der Waals surface area contributed by atoms with E-state index in [2.05, 4.69) is 31.1 Å². The smallest absolute Gasteiger partial charge is 0.320 e. The number of urea groups is 1. The summed E-state index contributed by atoms with van der Waals surface area (Å²) in [7, 11) is 1.81. The molecule has 0 radical (unpaired) electrons. The minimum Gasteiger partial charge on any atom is -0.371 e. The van der Waals surface area contributed by atoms with Crippen molar-refractivity contribution in [2.75, 3.05) is 17.7 Å². The molecule has 124 valence electrons. The number of rotatable bonds is 4. The summed E-state index contributed by atoms with van der Waals surface area (Å²) < 4.78 is 0. The van der Waals surface area contributed by atoms with Crippen LogP contribution in [0.25, 0.3) is 10.9 Å². The van der Waals surface area contributed by atoms with Crippen LogP contribution >= 0.6 is 0 Å². The predicted octanol–water partition coefficient (Wildman–Crippen LogP) is 3.19. The van der Waals surface area contributed by atoms with E-state index < -0.39 is 0 Å². The minimum absolute atomic E-state index is 0.0981. The van der Waals surface area contributed by atoms with E-state index in [1.54, 1.807) is 13.1 Å². The molecule has 0 bridgehead atoms. The number of carbonyl (C=O) groups is 1. The van der Waals surface area contributed by atoms with Crippen molar-refractivity contribution < 1.29 is 4.79 Å². The molecule has 0 aliphatic carbocycles. The van der Waals surface area contributed by atoms with E-state index in [1.165, 1.54) is 0 Å². The molecule has 0 aliphatic rings. The Balaban J connectivity index is 1.74. The number of hydrogen-bond acceptors (Lipinski definition) is 4. The van der Waals surface area contributed by atoms with E-state index in [9.17, 15) is 4.79 Å². The van der Waals surface area contributed by atoms with E-state index in [0.717, 1.165) is 28.0 Å². The molecule has 7 nitrogen and oxygen atoms in total. The zero-order valence-electron chi connectivity index (χ0n) is 13.8. The molecule has 2 aromatic heterocycles. The van der Waals surface area contributed by atoms with Crippen LogP contribution in [-0.4, -0.2) is 28.3 Å². The Bertz CT molecular complexity index is 858. The molecule has 7 heteroatoms. The van der Waals surface area contributed by atoms with Crippen molar-refractivity contribution >= 4 is 28.6 Å². The number of pyridine rings is 1. The summed E-state index contributed by atoms with van der Waals surface area (Å²) in [5.74, 6) is 1.22. The highest BCUT2D eigenvalue weighted by Crippen LogP contribution is 2.25. The first-order valence-electron chi connectivity index (χ1n) is 7.74. The molecule has 0 fully saturated rings. The number of nitrogens with zero attached hydrogens (tertiary/aromatic N) is 2. The molecule has 0 aliphatic heterocycles. The van der Waals surface area contributed by atoms with E-state index >= 15 is 0 Å². The van der Waals surface area contributed by atoms with E-state index in [-0.39, 0.29) is 12.1 Å². The molecule has 1 unspecified atom stereocenters. The Morgan fingerprint density at radius 3 is 2.71 bits per heavy atom. The van der Waals surface area contributed by atoms with Gasteiger partial charge in [-0.25, -0.2) is 9.78 Å². The molecular weight excluding hydrogens is 304 g/mol. The van der Waals surface area contributed by atoms with Gasteiger partial charge in [0.1, 0.15) is 5.82 Å². The molecule has 0 saturated carbocycles. The van der Waals surface area contributed by atoms with Crippen molar-refractivity contribution in [2.45, 2.75) is 19.9 Å². The number of amides is 2. The fraction of sp³-hybridized carbons (Fsp3) is 0.235. The predicted molar refractivity (Wildman–Crippen MR) is 95.2 cm³/mol. The molecule has 24 heavy (non-hydrogen) atoms. The van der Waals surface area contributed by atoms with Crippen LogP contribution in [0.5, 0.6) is 0 Å². The standard InChI is InChI=1S/C17H20N6O/c1-10(12-7-5-4-6-8-12)20-17(24)21-14-9-13-15(11(2)19-14)16(18-3)23-22-13/h4-10H,1-3H3,(H2,18,22,23)(H2,19,20,21,24). The van der Waals surface area contributed by atoms with Gasteiger partial charge in [0.05, 0.1) is 22.6 Å². The number of aromatic nitrogens is 3. The second-order valence-electron chi connectivity index (χ2n) is 5.57. The number of aromatic amines is 1. The van der Waals surface area contributed by atoms with Gasteiger partial charge in [0, 0.05) is 13.1 Å².